The van der Waals surface area contributed by atoms with E-state index in [9.17, 15) is 9.59 Å². The Morgan fingerprint density at radius 3 is 2.89 bits per heavy atom. The number of carbonyl (C=O) groups excluding carboxylic acids is 1. The Morgan fingerprint density at radius 2 is 2.28 bits per heavy atom. The number of pyridine rings is 1. The van der Waals surface area contributed by atoms with E-state index in [1.165, 1.54) is 6.20 Å². The van der Waals surface area contributed by atoms with Gasteiger partial charge in [0.25, 0.3) is 5.91 Å². The molecule has 1 aromatic heterocycles. The van der Waals surface area contributed by atoms with Crippen molar-refractivity contribution in [3.05, 3.63) is 24.0 Å². The van der Waals surface area contributed by atoms with E-state index in [0.29, 0.717) is 18.7 Å². The third-order valence-corrected chi connectivity index (χ3v) is 2.52. The van der Waals surface area contributed by atoms with Gasteiger partial charge in [0.1, 0.15) is 0 Å². The third kappa shape index (κ3) is 4.40. The Kier molecular flexibility index (Phi) is 5.10. The third-order valence-electron chi connectivity index (χ3n) is 2.52. The van der Waals surface area contributed by atoms with Crippen LogP contribution in [0.25, 0.3) is 0 Å². The number of amides is 1. The van der Waals surface area contributed by atoms with Crippen molar-refractivity contribution in [3.63, 3.8) is 0 Å². The molecular formula is C12H17N3O3. The molecule has 0 bridgehead atoms. The zero-order valence-electron chi connectivity index (χ0n) is 10.2. The normalized spacial score (nSPS) is 11.8. The summed E-state index contributed by atoms with van der Waals surface area (Å²) in [4.78, 5) is 26.0. The van der Waals surface area contributed by atoms with Gasteiger partial charge in [-0.25, -0.2) is 4.98 Å². The maximum absolute atomic E-state index is 11.7. The maximum atomic E-state index is 11.7. The van der Waals surface area contributed by atoms with Crippen molar-refractivity contribution >= 4 is 17.6 Å². The molecule has 1 amide bonds. The first-order chi connectivity index (χ1) is 8.50. The van der Waals surface area contributed by atoms with Gasteiger partial charge < -0.3 is 16.2 Å². The van der Waals surface area contributed by atoms with Crippen molar-refractivity contribution in [2.24, 2.45) is 5.92 Å². The largest absolute Gasteiger partial charge is 0.481 e. The summed E-state index contributed by atoms with van der Waals surface area (Å²) in [6, 6.07) is 3.26. The minimum absolute atomic E-state index is 0.0926. The summed E-state index contributed by atoms with van der Waals surface area (Å²) in [5.41, 5.74) is 6.15. The van der Waals surface area contributed by atoms with Crippen LogP contribution in [0.3, 0.4) is 0 Å². The van der Waals surface area contributed by atoms with Gasteiger partial charge >= 0.3 is 5.97 Å². The monoisotopic (exact) mass is 251 g/mol. The second-order valence-corrected chi connectivity index (χ2v) is 4.19. The van der Waals surface area contributed by atoms with Gasteiger partial charge in [0.2, 0.25) is 0 Å². The molecule has 0 aromatic carbocycles. The molecule has 98 valence electrons. The van der Waals surface area contributed by atoms with E-state index >= 15 is 0 Å². The first kappa shape index (κ1) is 14.0. The highest BCUT2D eigenvalue weighted by Gasteiger charge is 2.12. The first-order valence-electron chi connectivity index (χ1n) is 5.71. The molecule has 0 radical (unpaired) electrons. The molecule has 0 aliphatic heterocycles. The van der Waals surface area contributed by atoms with Crippen LogP contribution in [0.4, 0.5) is 5.69 Å². The fourth-order valence-corrected chi connectivity index (χ4v) is 1.43. The Bertz CT molecular complexity index is 434. The van der Waals surface area contributed by atoms with Crippen LogP contribution in [0.1, 0.15) is 30.3 Å². The van der Waals surface area contributed by atoms with Crippen LogP contribution in [0.15, 0.2) is 18.3 Å². The summed E-state index contributed by atoms with van der Waals surface area (Å²) in [7, 11) is 0. The number of carboxylic acid groups (broad SMARTS) is 1. The maximum Gasteiger partial charge on any atom is 0.303 e. The van der Waals surface area contributed by atoms with Gasteiger partial charge in [-0.05, 0) is 24.5 Å². The lowest BCUT2D eigenvalue weighted by Crippen LogP contribution is -2.29. The predicted molar refractivity (Wildman–Crippen MR) is 67.0 cm³/mol. The molecule has 0 aliphatic rings. The van der Waals surface area contributed by atoms with Crippen LogP contribution in [0, 0.1) is 5.92 Å². The van der Waals surface area contributed by atoms with Crippen LogP contribution in [0.5, 0.6) is 0 Å². The molecule has 1 heterocycles. The number of aromatic nitrogens is 1. The molecule has 1 atom stereocenters. The summed E-state index contributed by atoms with van der Waals surface area (Å²) in [5, 5.41) is 11.2. The van der Waals surface area contributed by atoms with Crippen molar-refractivity contribution in [1.29, 1.82) is 0 Å². The number of nitrogens with zero attached hydrogens (tertiary/aromatic N) is 1. The minimum atomic E-state index is -0.831. The summed E-state index contributed by atoms with van der Waals surface area (Å²) in [6.45, 7) is 2.28. The molecule has 1 rings (SSSR count). The Balaban J connectivity index is 2.42. The number of rotatable bonds is 6. The van der Waals surface area contributed by atoms with Crippen molar-refractivity contribution < 1.29 is 14.7 Å². The minimum Gasteiger partial charge on any atom is -0.481 e. The SMILES string of the molecule is CC(CCC(=O)O)CNC(=O)c1ncccc1N. The number of aliphatic carboxylic acids is 1. The second-order valence-electron chi connectivity index (χ2n) is 4.19. The number of carboxylic acids is 1. The standard InChI is InChI=1S/C12H17N3O3/c1-8(4-5-10(16)17)7-15-12(18)11-9(13)3-2-6-14-11/h2-3,6,8H,4-5,7,13H2,1H3,(H,15,18)(H,16,17). The molecule has 0 saturated heterocycles. The number of hydrogen-bond donors (Lipinski definition) is 3. The van der Waals surface area contributed by atoms with E-state index in [1.807, 2.05) is 6.92 Å². The molecule has 0 saturated carbocycles. The fourth-order valence-electron chi connectivity index (χ4n) is 1.43. The van der Waals surface area contributed by atoms with Gasteiger partial charge in [-0.2, -0.15) is 0 Å². The summed E-state index contributed by atoms with van der Waals surface area (Å²) in [6.07, 6.45) is 2.12. The van der Waals surface area contributed by atoms with Gasteiger partial charge in [0.05, 0.1) is 5.69 Å². The average Bonchev–Trinajstić information content (AvgIpc) is 2.34. The Labute approximate surface area is 105 Å². The molecule has 6 heteroatoms. The number of carbonyl (C=O) groups is 2. The average molecular weight is 251 g/mol. The summed E-state index contributed by atoms with van der Waals surface area (Å²) < 4.78 is 0. The highest BCUT2D eigenvalue weighted by Crippen LogP contribution is 2.08. The van der Waals surface area contributed by atoms with Crippen molar-refractivity contribution in [2.75, 3.05) is 12.3 Å². The van der Waals surface area contributed by atoms with Gasteiger partial charge in [-0.1, -0.05) is 6.92 Å². The van der Waals surface area contributed by atoms with Gasteiger partial charge in [-0.3, -0.25) is 9.59 Å². The van der Waals surface area contributed by atoms with E-state index in [4.69, 9.17) is 10.8 Å². The smallest absolute Gasteiger partial charge is 0.303 e. The van der Waals surface area contributed by atoms with Crippen LogP contribution >= 0.6 is 0 Å². The number of anilines is 1. The molecule has 1 unspecified atom stereocenters. The van der Waals surface area contributed by atoms with E-state index in [1.54, 1.807) is 12.1 Å². The van der Waals surface area contributed by atoms with E-state index in [-0.39, 0.29) is 23.9 Å². The second kappa shape index (κ2) is 6.58. The van der Waals surface area contributed by atoms with E-state index in [2.05, 4.69) is 10.3 Å². The van der Waals surface area contributed by atoms with Gasteiger partial charge in [0.15, 0.2) is 5.69 Å². The van der Waals surface area contributed by atoms with Crippen LogP contribution < -0.4 is 11.1 Å². The predicted octanol–water partition coefficient (Wildman–Crippen LogP) is 0.894. The lowest BCUT2D eigenvalue weighted by molar-refractivity contribution is -0.137. The lowest BCUT2D eigenvalue weighted by Gasteiger charge is -2.11. The van der Waals surface area contributed by atoms with Crippen LogP contribution in [-0.4, -0.2) is 28.5 Å². The molecular weight excluding hydrogens is 234 g/mol. The number of nitrogens with one attached hydrogen (secondary N) is 1. The van der Waals surface area contributed by atoms with Crippen molar-refractivity contribution in [3.8, 4) is 0 Å². The zero-order chi connectivity index (χ0) is 13.5. The molecule has 4 N–H and O–H groups in total. The zero-order valence-corrected chi connectivity index (χ0v) is 10.2. The summed E-state index contributed by atoms with van der Waals surface area (Å²) in [5.74, 6) is -1.08. The van der Waals surface area contributed by atoms with Crippen molar-refractivity contribution in [1.82, 2.24) is 10.3 Å². The highest BCUT2D eigenvalue weighted by molar-refractivity contribution is 5.96. The fraction of sp³-hybridized carbons (Fsp3) is 0.417. The topological polar surface area (TPSA) is 105 Å². The number of nitrogen functional groups attached to an aromatic ring is 1. The molecule has 1 aromatic rings. The molecule has 0 aliphatic carbocycles. The van der Waals surface area contributed by atoms with Crippen molar-refractivity contribution in [2.45, 2.75) is 19.8 Å². The van der Waals surface area contributed by atoms with Crippen LogP contribution in [-0.2, 0) is 4.79 Å². The molecule has 6 nitrogen and oxygen atoms in total. The quantitative estimate of drug-likeness (QED) is 0.696. The number of nitrogens with two attached hydrogens (primary N) is 1. The Hall–Kier alpha value is -2.11. The summed E-state index contributed by atoms with van der Waals surface area (Å²) >= 11 is 0. The first-order valence-corrected chi connectivity index (χ1v) is 5.71. The highest BCUT2D eigenvalue weighted by atomic mass is 16.4. The van der Waals surface area contributed by atoms with Gasteiger partial charge in [0, 0.05) is 19.2 Å². The van der Waals surface area contributed by atoms with Crippen LogP contribution in [0.2, 0.25) is 0 Å². The van der Waals surface area contributed by atoms with E-state index < -0.39 is 5.97 Å². The molecule has 0 spiro atoms. The van der Waals surface area contributed by atoms with Gasteiger partial charge in [-0.15, -0.1) is 0 Å². The number of hydrogen-bond acceptors (Lipinski definition) is 4. The Morgan fingerprint density at radius 1 is 1.56 bits per heavy atom. The van der Waals surface area contributed by atoms with E-state index in [0.717, 1.165) is 0 Å². The molecule has 0 fully saturated rings. The molecule has 18 heavy (non-hydrogen) atoms. The lowest BCUT2D eigenvalue weighted by atomic mass is 10.1.